The molecule has 0 aliphatic carbocycles. The summed E-state index contributed by atoms with van der Waals surface area (Å²) in [6.45, 7) is 1.55. The van der Waals surface area contributed by atoms with Gasteiger partial charge in [-0.2, -0.15) is 0 Å². The van der Waals surface area contributed by atoms with Gasteiger partial charge in [0.05, 0.1) is 5.69 Å². The first-order chi connectivity index (χ1) is 9.24. The van der Waals surface area contributed by atoms with Gasteiger partial charge in [-0.25, -0.2) is 0 Å². The Morgan fingerprint density at radius 1 is 0.947 bits per heavy atom. The summed E-state index contributed by atoms with van der Waals surface area (Å²) >= 11 is 0. The normalized spacial score (nSPS) is 10.6. The van der Waals surface area contributed by atoms with Gasteiger partial charge in [-0.05, 0) is 35.9 Å². The summed E-state index contributed by atoms with van der Waals surface area (Å²) in [5.41, 5.74) is 2.59. The molecule has 3 rings (SSSR count). The quantitative estimate of drug-likeness (QED) is 0.638. The van der Waals surface area contributed by atoms with Gasteiger partial charge in [-0.15, -0.1) is 0 Å². The van der Waals surface area contributed by atoms with Crippen LogP contribution < -0.4 is 0 Å². The van der Waals surface area contributed by atoms with Crippen molar-refractivity contribution in [1.29, 1.82) is 0 Å². The molecule has 19 heavy (non-hydrogen) atoms. The highest BCUT2D eigenvalue weighted by Gasteiger charge is 2.03. The van der Waals surface area contributed by atoms with Crippen molar-refractivity contribution in [1.82, 2.24) is 4.98 Å². The van der Waals surface area contributed by atoms with Gasteiger partial charge in [-0.3, -0.25) is 9.78 Å². The molecule has 0 atom stereocenters. The van der Waals surface area contributed by atoms with Crippen LogP contribution in [0.25, 0.3) is 22.0 Å². The molecule has 0 aliphatic heterocycles. The molecule has 0 bridgehead atoms. The van der Waals surface area contributed by atoms with Gasteiger partial charge in [0.25, 0.3) is 0 Å². The van der Waals surface area contributed by atoms with Crippen molar-refractivity contribution in [3.05, 3.63) is 66.4 Å². The Labute approximate surface area is 111 Å². The smallest absolute Gasteiger partial charge is 0.161 e. The topological polar surface area (TPSA) is 30.0 Å². The van der Waals surface area contributed by atoms with Gasteiger partial charge >= 0.3 is 0 Å². The number of hydrogen-bond donors (Lipinski definition) is 0. The summed E-state index contributed by atoms with van der Waals surface area (Å²) < 4.78 is 0. The molecule has 0 saturated carbocycles. The van der Waals surface area contributed by atoms with Crippen LogP contribution in [0.2, 0.25) is 0 Å². The molecule has 92 valence electrons. The Bertz CT molecular complexity index is 745. The molecule has 3 aromatic rings. The maximum Gasteiger partial charge on any atom is 0.161 e. The molecule has 1 aromatic heterocycles. The zero-order valence-corrected chi connectivity index (χ0v) is 10.6. The first kappa shape index (κ1) is 11.6. The molecule has 0 fully saturated rings. The molecule has 2 heteroatoms. The lowest BCUT2D eigenvalue weighted by molar-refractivity contribution is 0.101. The van der Waals surface area contributed by atoms with Crippen molar-refractivity contribution >= 4 is 16.6 Å². The number of Topliss-reactive ketones (excluding diaryl/α,β-unsaturated/α-hetero) is 1. The van der Waals surface area contributed by atoms with E-state index in [1.54, 1.807) is 13.1 Å². The number of ketones is 1. The fourth-order valence-electron chi connectivity index (χ4n) is 2.12. The highest BCUT2D eigenvalue weighted by molar-refractivity contribution is 5.94. The summed E-state index contributed by atoms with van der Waals surface area (Å²) in [6.07, 6.45) is 1.63. The van der Waals surface area contributed by atoms with Gasteiger partial charge in [-0.1, -0.05) is 36.4 Å². The molecule has 2 aromatic carbocycles. The van der Waals surface area contributed by atoms with Crippen LogP contribution in [0.4, 0.5) is 0 Å². The van der Waals surface area contributed by atoms with Gasteiger partial charge in [0, 0.05) is 17.3 Å². The molecule has 0 amide bonds. The number of fused-ring (bicyclic) bond motifs is 1. The van der Waals surface area contributed by atoms with E-state index in [2.05, 4.69) is 35.3 Å². The first-order valence-electron chi connectivity index (χ1n) is 6.20. The molecule has 0 unspecified atom stereocenters. The third-order valence-electron chi connectivity index (χ3n) is 3.22. The van der Waals surface area contributed by atoms with Crippen LogP contribution in [-0.4, -0.2) is 10.8 Å². The fourth-order valence-corrected chi connectivity index (χ4v) is 2.12. The first-order valence-corrected chi connectivity index (χ1v) is 6.20. The number of rotatable bonds is 2. The average molecular weight is 247 g/mol. The van der Waals surface area contributed by atoms with E-state index in [4.69, 9.17) is 0 Å². The minimum absolute atomic E-state index is 0.0394. The predicted octanol–water partition coefficient (Wildman–Crippen LogP) is 4.10. The maximum absolute atomic E-state index is 11.2. The zero-order valence-electron chi connectivity index (χ0n) is 10.6. The second-order valence-corrected chi connectivity index (χ2v) is 4.55. The summed E-state index contributed by atoms with van der Waals surface area (Å²) in [4.78, 5) is 15.6. The maximum atomic E-state index is 11.2. The van der Waals surface area contributed by atoms with E-state index in [0.717, 1.165) is 11.3 Å². The summed E-state index contributed by atoms with van der Waals surface area (Å²) in [5.74, 6) is 0.0394. The van der Waals surface area contributed by atoms with Gasteiger partial charge < -0.3 is 0 Å². The van der Waals surface area contributed by atoms with Gasteiger partial charge in [0.2, 0.25) is 0 Å². The number of aromatic nitrogens is 1. The zero-order chi connectivity index (χ0) is 13.2. The van der Waals surface area contributed by atoms with Crippen molar-refractivity contribution in [2.45, 2.75) is 6.92 Å². The van der Waals surface area contributed by atoms with Crippen molar-refractivity contribution in [2.24, 2.45) is 0 Å². The predicted molar refractivity (Wildman–Crippen MR) is 77.2 cm³/mol. The van der Waals surface area contributed by atoms with Crippen LogP contribution in [0, 0.1) is 0 Å². The summed E-state index contributed by atoms with van der Waals surface area (Å²) in [5, 5.41) is 2.41. The third-order valence-corrected chi connectivity index (χ3v) is 3.22. The minimum Gasteiger partial charge on any atom is -0.294 e. The number of benzene rings is 2. The molecule has 2 nitrogen and oxygen atoms in total. The Morgan fingerprint density at radius 3 is 2.42 bits per heavy atom. The van der Waals surface area contributed by atoms with E-state index in [1.165, 1.54) is 10.8 Å². The van der Waals surface area contributed by atoms with E-state index < -0.39 is 0 Å². The van der Waals surface area contributed by atoms with Crippen molar-refractivity contribution in [3.8, 4) is 11.3 Å². The molecule has 1 heterocycles. The van der Waals surface area contributed by atoms with Crippen LogP contribution in [0.5, 0.6) is 0 Å². The second kappa shape index (κ2) is 4.65. The second-order valence-electron chi connectivity index (χ2n) is 4.55. The van der Waals surface area contributed by atoms with E-state index in [-0.39, 0.29) is 5.78 Å². The Morgan fingerprint density at radius 2 is 1.74 bits per heavy atom. The number of nitrogens with zero attached hydrogens (tertiary/aromatic N) is 1. The molecule has 0 radical (unpaired) electrons. The highest BCUT2D eigenvalue weighted by Crippen LogP contribution is 2.23. The van der Waals surface area contributed by atoms with Crippen LogP contribution in [-0.2, 0) is 0 Å². The van der Waals surface area contributed by atoms with E-state index in [0.29, 0.717) is 5.56 Å². The van der Waals surface area contributed by atoms with E-state index in [1.807, 2.05) is 24.3 Å². The minimum atomic E-state index is 0.0394. The number of pyridine rings is 1. The van der Waals surface area contributed by atoms with Gasteiger partial charge in [0.15, 0.2) is 5.78 Å². The van der Waals surface area contributed by atoms with E-state index in [9.17, 15) is 4.79 Å². The Kier molecular flexibility index (Phi) is 2.84. The largest absolute Gasteiger partial charge is 0.294 e. The molecule has 0 aliphatic rings. The lowest BCUT2D eigenvalue weighted by Gasteiger charge is -2.04. The van der Waals surface area contributed by atoms with Crippen molar-refractivity contribution in [3.63, 3.8) is 0 Å². The molecular formula is C17H13NO. The van der Waals surface area contributed by atoms with Crippen LogP contribution in [0.1, 0.15) is 17.3 Å². The van der Waals surface area contributed by atoms with Crippen LogP contribution in [0.3, 0.4) is 0 Å². The molecule has 0 N–H and O–H groups in total. The number of carbonyl (C=O) groups excluding carboxylic acids is 1. The lowest BCUT2D eigenvalue weighted by Crippen LogP contribution is -1.93. The Hall–Kier alpha value is -2.48. The van der Waals surface area contributed by atoms with Crippen LogP contribution >= 0.6 is 0 Å². The van der Waals surface area contributed by atoms with Crippen LogP contribution in [0.15, 0.2) is 60.8 Å². The van der Waals surface area contributed by atoms with Crippen molar-refractivity contribution < 1.29 is 4.79 Å². The third kappa shape index (κ3) is 2.25. The molecule has 0 saturated heterocycles. The SMILES string of the molecule is CC(=O)c1ccc(-c2ccc3ccccc3c2)nc1. The lowest BCUT2D eigenvalue weighted by atomic mass is 10.0. The average Bonchev–Trinajstić information content (AvgIpc) is 2.47. The Balaban J connectivity index is 2.06. The van der Waals surface area contributed by atoms with Gasteiger partial charge in [0.1, 0.15) is 0 Å². The molecular weight excluding hydrogens is 234 g/mol. The number of hydrogen-bond acceptors (Lipinski definition) is 2. The summed E-state index contributed by atoms with van der Waals surface area (Å²) in [7, 11) is 0. The number of carbonyl (C=O) groups is 1. The van der Waals surface area contributed by atoms with Crippen molar-refractivity contribution in [2.75, 3.05) is 0 Å². The van der Waals surface area contributed by atoms with E-state index >= 15 is 0 Å². The standard InChI is InChI=1S/C17H13NO/c1-12(19)16-8-9-17(18-11-16)15-7-6-13-4-2-3-5-14(13)10-15/h2-11H,1H3. The summed E-state index contributed by atoms with van der Waals surface area (Å²) in [6, 6.07) is 18.2. The molecule has 0 spiro atoms. The fraction of sp³-hybridized carbons (Fsp3) is 0.0588. The highest BCUT2D eigenvalue weighted by atomic mass is 16.1. The monoisotopic (exact) mass is 247 g/mol.